The molecule has 13 heavy (non-hydrogen) atoms. The lowest BCUT2D eigenvalue weighted by Crippen LogP contribution is -2.15. The molecule has 0 fully saturated rings. The zero-order chi connectivity index (χ0) is 9.84. The molecule has 1 rings (SSSR count). The van der Waals surface area contributed by atoms with E-state index in [1.165, 1.54) is 0 Å². The minimum Gasteiger partial charge on any atom is -0.481 e. The molecular formula is C8H13N3O2. The molecule has 1 atom stereocenters. The SMILES string of the molecule is CCn1ccc(C(N)CC(=O)O)n1. The monoisotopic (exact) mass is 183 g/mol. The van der Waals surface area contributed by atoms with Gasteiger partial charge in [0, 0.05) is 12.7 Å². The predicted octanol–water partition coefficient (Wildman–Crippen LogP) is 0.378. The third-order valence-electron chi connectivity index (χ3n) is 1.76. The zero-order valence-electron chi connectivity index (χ0n) is 7.47. The van der Waals surface area contributed by atoms with Crippen LogP contribution in [-0.2, 0) is 11.3 Å². The van der Waals surface area contributed by atoms with Crippen molar-refractivity contribution in [1.29, 1.82) is 0 Å². The zero-order valence-corrected chi connectivity index (χ0v) is 7.47. The fraction of sp³-hybridized carbons (Fsp3) is 0.500. The van der Waals surface area contributed by atoms with Crippen molar-refractivity contribution in [3.05, 3.63) is 18.0 Å². The molecule has 5 heteroatoms. The average molecular weight is 183 g/mol. The molecule has 0 saturated heterocycles. The Balaban J connectivity index is 2.65. The van der Waals surface area contributed by atoms with Gasteiger partial charge in [0.15, 0.2) is 0 Å². The highest BCUT2D eigenvalue weighted by Crippen LogP contribution is 2.10. The van der Waals surface area contributed by atoms with E-state index in [0.717, 1.165) is 6.54 Å². The van der Waals surface area contributed by atoms with E-state index in [1.807, 2.05) is 6.92 Å². The standard InChI is InChI=1S/C8H13N3O2/c1-2-11-4-3-7(10-11)6(9)5-8(12)13/h3-4,6H,2,5,9H2,1H3,(H,12,13). The Hall–Kier alpha value is -1.36. The van der Waals surface area contributed by atoms with Crippen LogP contribution >= 0.6 is 0 Å². The van der Waals surface area contributed by atoms with Gasteiger partial charge >= 0.3 is 5.97 Å². The molecule has 5 nitrogen and oxygen atoms in total. The maximum Gasteiger partial charge on any atom is 0.305 e. The van der Waals surface area contributed by atoms with Gasteiger partial charge in [0.1, 0.15) is 0 Å². The Kier molecular flexibility index (Phi) is 3.02. The van der Waals surface area contributed by atoms with E-state index in [-0.39, 0.29) is 6.42 Å². The summed E-state index contributed by atoms with van der Waals surface area (Å²) < 4.78 is 1.72. The number of nitrogens with two attached hydrogens (primary N) is 1. The number of aryl methyl sites for hydroxylation is 1. The summed E-state index contributed by atoms with van der Waals surface area (Å²) in [6.07, 6.45) is 1.71. The van der Waals surface area contributed by atoms with Gasteiger partial charge < -0.3 is 10.8 Å². The highest BCUT2D eigenvalue weighted by Gasteiger charge is 2.12. The molecule has 0 radical (unpaired) electrons. The quantitative estimate of drug-likeness (QED) is 0.707. The molecule has 0 amide bonds. The van der Waals surface area contributed by atoms with Crippen LogP contribution < -0.4 is 5.73 Å². The second-order valence-corrected chi connectivity index (χ2v) is 2.80. The lowest BCUT2D eigenvalue weighted by molar-refractivity contribution is -0.137. The van der Waals surface area contributed by atoms with Gasteiger partial charge in [0.25, 0.3) is 0 Å². The number of hydrogen-bond donors (Lipinski definition) is 2. The van der Waals surface area contributed by atoms with Gasteiger partial charge in [-0.15, -0.1) is 0 Å². The van der Waals surface area contributed by atoms with Crippen molar-refractivity contribution in [1.82, 2.24) is 9.78 Å². The molecule has 1 heterocycles. The molecule has 0 spiro atoms. The molecule has 0 saturated carbocycles. The van der Waals surface area contributed by atoms with Crippen LogP contribution in [0.3, 0.4) is 0 Å². The van der Waals surface area contributed by atoms with Crippen molar-refractivity contribution in [2.45, 2.75) is 25.9 Å². The first-order valence-corrected chi connectivity index (χ1v) is 4.14. The van der Waals surface area contributed by atoms with Crippen LogP contribution in [0, 0.1) is 0 Å². The number of hydrogen-bond acceptors (Lipinski definition) is 3. The van der Waals surface area contributed by atoms with Crippen molar-refractivity contribution >= 4 is 5.97 Å². The van der Waals surface area contributed by atoms with Crippen molar-refractivity contribution in [2.24, 2.45) is 5.73 Å². The van der Waals surface area contributed by atoms with E-state index < -0.39 is 12.0 Å². The maximum absolute atomic E-state index is 10.3. The molecule has 1 unspecified atom stereocenters. The summed E-state index contributed by atoms with van der Waals surface area (Å²) in [4.78, 5) is 10.3. The van der Waals surface area contributed by atoms with Gasteiger partial charge in [-0.05, 0) is 13.0 Å². The lowest BCUT2D eigenvalue weighted by Gasteiger charge is -2.03. The molecule has 0 bridgehead atoms. The normalized spacial score (nSPS) is 12.8. The fourth-order valence-electron chi connectivity index (χ4n) is 1.04. The van der Waals surface area contributed by atoms with Crippen molar-refractivity contribution < 1.29 is 9.90 Å². The largest absolute Gasteiger partial charge is 0.481 e. The summed E-state index contributed by atoms with van der Waals surface area (Å²) in [5, 5.41) is 12.6. The number of nitrogens with zero attached hydrogens (tertiary/aromatic N) is 2. The minimum absolute atomic E-state index is 0.0826. The first-order valence-electron chi connectivity index (χ1n) is 4.14. The number of rotatable bonds is 4. The number of carboxylic acids is 1. The number of aromatic nitrogens is 2. The van der Waals surface area contributed by atoms with E-state index in [4.69, 9.17) is 10.8 Å². The van der Waals surface area contributed by atoms with Gasteiger partial charge in [0.05, 0.1) is 18.2 Å². The van der Waals surface area contributed by atoms with E-state index in [0.29, 0.717) is 5.69 Å². The summed E-state index contributed by atoms with van der Waals surface area (Å²) in [6.45, 7) is 2.72. The summed E-state index contributed by atoms with van der Waals surface area (Å²) in [7, 11) is 0. The lowest BCUT2D eigenvalue weighted by atomic mass is 10.1. The molecule has 0 aliphatic heterocycles. The molecule has 72 valence electrons. The minimum atomic E-state index is -0.904. The Morgan fingerprint density at radius 3 is 3.00 bits per heavy atom. The maximum atomic E-state index is 10.3. The topological polar surface area (TPSA) is 81.1 Å². The third kappa shape index (κ3) is 2.55. The molecule has 3 N–H and O–H groups in total. The Bertz CT molecular complexity index is 295. The third-order valence-corrected chi connectivity index (χ3v) is 1.76. The Labute approximate surface area is 76.2 Å². The molecule has 1 aromatic heterocycles. The van der Waals surface area contributed by atoms with Crippen LogP contribution in [0.2, 0.25) is 0 Å². The first-order chi connectivity index (χ1) is 6.13. The molecule has 0 aliphatic carbocycles. The molecule has 1 aromatic rings. The van der Waals surface area contributed by atoms with Gasteiger partial charge in [-0.3, -0.25) is 9.48 Å². The second-order valence-electron chi connectivity index (χ2n) is 2.80. The summed E-state index contributed by atoms with van der Waals surface area (Å²) in [5.41, 5.74) is 6.24. The summed E-state index contributed by atoms with van der Waals surface area (Å²) in [5.74, 6) is -0.904. The molecular weight excluding hydrogens is 170 g/mol. The van der Waals surface area contributed by atoms with Gasteiger partial charge in [-0.1, -0.05) is 0 Å². The Morgan fingerprint density at radius 1 is 1.85 bits per heavy atom. The second kappa shape index (κ2) is 4.04. The van der Waals surface area contributed by atoms with E-state index in [2.05, 4.69) is 5.10 Å². The highest BCUT2D eigenvalue weighted by molar-refractivity contribution is 5.67. The fourth-order valence-corrected chi connectivity index (χ4v) is 1.04. The predicted molar refractivity (Wildman–Crippen MR) is 47.1 cm³/mol. The van der Waals surface area contributed by atoms with Crippen LogP contribution in [0.1, 0.15) is 25.1 Å². The molecule has 0 aromatic carbocycles. The van der Waals surface area contributed by atoms with Gasteiger partial charge in [-0.25, -0.2) is 0 Å². The number of carbonyl (C=O) groups is 1. The number of aliphatic carboxylic acids is 1. The van der Waals surface area contributed by atoms with Crippen LogP contribution in [-0.4, -0.2) is 20.9 Å². The van der Waals surface area contributed by atoms with Crippen molar-refractivity contribution in [3.8, 4) is 0 Å². The van der Waals surface area contributed by atoms with E-state index >= 15 is 0 Å². The van der Waals surface area contributed by atoms with Crippen LogP contribution in [0.25, 0.3) is 0 Å². The van der Waals surface area contributed by atoms with E-state index in [9.17, 15) is 4.79 Å². The number of carboxylic acid groups (broad SMARTS) is 1. The average Bonchev–Trinajstić information content (AvgIpc) is 2.50. The highest BCUT2D eigenvalue weighted by atomic mass is 16.4. The van der Waals surface area contributed by atoms with Gasteiger partial charge in [-0.2, -0.15) is 5.10 Å². The van der Waals surface area contributed by atoms with Crippen LogP contribution in [0.4, 0.5) is 0 Å². The summed E-state index contributed by atoms with van der Waals surface area (Å²) >= 11 is 0. The molecule has 0 aliphatic rings. The smallest absolute Gasteiger partial charge is 0.305 e. The van der Waals surface area contributed by atoms with Gasteiger partial charge in [0.2, 0.25) is 0 Å². The van der Waals surface area contributed by atoms with Crippen molar-refractivity contribution in [2.75, 3.05) is 0 Å². The Morgan fingerprint density at radius 2 is 2.54 bits per heavy atom. The van der Waals surface area contributed by atoms with Crippen LogP contribution in [0.15, 0.2) is 12.3 Å². The van der Waals surface area contributed by atoms with E-state index in [1.54, 1.807) is 16.9 Å². The first kappa shape index (κ1) is 9.73. The van der Waals surface area contributed by atoms with Crippen molar-refractivity contribution in [3.63, 3.8) is 0 Å². The van der Waals surface area contributed by atoms with Crippen LogP contribution in [0.5, 0.6) is 0 Å². The summed E-state index contributed by atoms with van der Waals surface area (Å²) in [6, 6.07) is 1.24.